The molecule has 2 heterocycles. The highest BCUT2D eigenvalue weighted by Gasteiger charge is 2.43. The smallest absolute Gasteiger partial charge is 0.340 e. The third-order valence-electron chi connectivity index (χ3n) is 6.16. The van der Waals surface area contributed by atoms with Crippen molar-refractivity contribution in [3.05, 3.63) is 82.9 Å². The average Bonchev–Trinajstić information content (AvgIpc) is 3.33. The van der Waals surface area contributed by atoms with E-state index in [2.05, 4.69) is 0 Å². The first-order chi connectivity index (χ1) is 16.5. The van der Waals surface area contributed by atoms with E-state index in [1.54, 1.807) is 19.2 Å². The lowest BCUT2D eigenvalue weighted by Gasteiger charge is -2.38. The molecule has 0 unspecified atom stereocenters. The molecule has 1 N–H and O–H groups in total. The van der Waals surface area contributed by atoms with Crippen molar-refractivity contribution in [1.29, 1.82) is 0 Å². The maximum absolute atomic E-state index is 12.3. The number of methoxy groups -OCH3 is 3. The molecule has 0 amide bonds. The van der Waals surface area contributed by atoms with E-state index in [0.29, 0.717) is 23.5 Å². The van der Waals surface area contributed by atoms with Crippen LogP contribution in [-0.2, 0) is 0 Å². The fourth-order valence-corrected chi connectivity index (χ4v) is 4.59. The Balaban J connectivity index is 1.66. The molecule has 8 nitrogen and oxygen atoms in total. The lowest BCUT2D eigenvalue weighted by atomic mass is 9.95. The van der Waals surface area contributed by atoms with Gasteiger partial charge in [-0.2, -0.15) is 5.10 Å². The predicted molar refractivity (Wildman–Crippen MR) is 125 cm³/mol. The Morgan fingerprint density at radius 2 is 1.82 bits per heavy atom. The number of rotatable bonds is 6. The molecule has 2 aliphatic heterocycles. The van der Waals surface area contributed by atoms with E-state index in [1.807, 2.05) is 53.5 Å². The summed E-state index contributed by atoms with van der Waals surface area (Å²) in [5.41, 5.74) is 3.22. The molecule has 34 heavy (non-hydrogen) atoms. The van der Waals surface area contributed by atoms with Gasteiger partial charge in [0.2, 0.25) is 6.23 Å². The minimum absolute atomic E-state index is 0.0185. The summed E-state index contributed by atoms with van der Waals surface area (Å²) in [4.78, 5) is 12.3. The molecule has 3 aromatic rings. The summed E-state index contributed by atoms with van der Waals surface area (Å²) in [7, 11) is 4.52. The first-order valence-electron chi connectivity index (χ1n) is 10.8. The fourth-order valence-electron chi connectivity index (χ4n) is 4.59. The van der Waals surface area contributed by atoms with Crippen LogP contribution in [0.25, 0.3) is 0 Å². The average molecular weight is 460 g/mol. The maximum Gasteiger partial charge on any atom is 0.340 e. The standard InChI is InChI=1S/C26H24N2O6/c1-31-16-8-6-7-15(13-16)19-14-20-17-9-4-5-10-21(17)34-25(28(20)27-19)18-11-12-22(32-2)24(33-3)23(18)26(29)30/h4-13,20,25H,14H2,1-3H3,(H,29,30)/t20-,25-/m0/s1. The number of aromatic carboxylic acids is 1. The number of hydrogen-bond donors (Lipinski definition) is 1. The highest BCUT2D eigenvalue weighted by molar-refractivity contribution is 6.02. The largest absolute Gasteiger partial charge is 0.497 e. The van der Waals surface area contributed by atoms with Crippen molar-refractivity contribution in [2.45, 2.75) is 18.7 Å². The Morgan fingerprint density at radius 1 is 1.00 bits per heavy atom. The Labute approximate surface area is 196 Å². The zero-order valence-electron chi connectivity index (χ0n) is 19.0. The highest BCUT2D eigenvalue weighted by atomic mass is 16.5. The third-order valence-corrected chi connectivity index (χ3v) is 6.16. The minimum Gasteiger partial charge on any atom is -0.497 e. The van der Waals surface area contributed by atoms with Crippen molar-refractivity contribution in [2.75, 3.05) is 21.3 Å². The van der Waals surface area contributed by atoms with Gasteiger partial charge >= 0.3 is 5.97 Å². The Bertz CT molecular complexity index is 1290. The molecule has 0 fully saturated rings. The molecule has 0 saturated heterocycles. The van der Waals surface area contributed by atoms with Crippen LogP contribution < -0.4 is 18.9 Å². The molecule has 2 aliphatic rings. The van der Waals surface area contributed by atoms with Gasteiger partial charge in [0.25, 0.3) is 0 Å². The molecular weight excluding hydrogens is 436 g/mol. The van der Waals surface area contributed by atoms with Crippen LogP contribution in [0.15, 0.2) is 65.8 Å². The fraction of sp³-hybridized carbons (Fsp3) is 0.231. The van der Waals surface area contributed by atoms with Gasteiger partial charge in [-0.25, -0.2) is 9.80 Å². The van der Waals surface area contributed by atoms with Crippen LogP contribution in [0.2, 0.25) is 0 Å². The van der Waals surface area contributed by atoms with Gasteiger partial charge < -0.3 is 24.1 Å². The molecule has 0 aliphatic carbocycles. The summed E-state index contributed by atoms with van der Waals surface area (Å²) in [6, 6.07) is 18.8. The van der Waals surface area contributed by atoms with Gasteiger partial charge in [0, 0.05) is 23.1 Å². The lowest BCUT2D eigenvalue weighted by molar-refractivity contribution is -0.0199. The van der Waals surface area contributed by atoms with Crippen LogP contribution in [0.1, 0.15) is 45.7 Å². The molecule has 0 aromatic heterocycles. The Hall–Kier alpha value is -4.20. The van der Waals surface area contributed by atoms with Crippen molar-refractivity contribution in [2.24, 2.45) is 5.10 Å². The summed E-state index contributed by atoms with van der Waals surface area (Å²) < 4.78 is 22.5. The second kappa shape index (κ2) is 8.62. The summed E-state index contributed by atoms with van der Waals surface area (Å²) in [6.07, 6.45) is -0.131. The third kappa shape index (κ3) is 3.48. The van der Waals surface area contributed by atoms with E-state index in [1.165, 1.54) is 14.2 Å². The second-order valence-corrected chi connectivity index (χ2v) is 7.96. The monoisotopic (exact) mass is 460 g/mol. The quantitative estimate of drug-likeness (QED) is 0.573. The normalized spacial score (nSPS) is 18.3. The lowest BCUT2D eigenvalue weighted by Crippen LogP contribution is -2.34. The topological polar surface area (TPSA) is 89.8 Å². The van der Waals surface area contributed by atoms with Gasteiger partial charge in [-0.1, -0.05) is 30.3 Å². The van der Waals surface area contributed by atoms with Crippen LogP contribution in [0.3, 0.4) is 0 Å². The molecule has 0 spiro atoms. The van der Waals surface area contributed by atoms with Gasteiger partial charge in [0.1, 0.15) is 17.1 Å². The van der Waals surface area contributed by atoms with Crippen LogP contribution in [0, 0.1) is 0 Å². The van der Waals surface area contributed by atoms with Crippen molar-refractivity contribution in [3.63, 3.8) is 0 Å². The maximum atomic E-state index is 12.3. The number of hydrogen-bond acceptors (Lipinski definition) is 7. The summed E-state index contributed by atoms with van der Waals surface area (Å²) >= 11 is 0. The van der Waals surface area contributed by atoms with E-state index in [9.17, 15) is 9.90 Å². The van der Waals surface area contributed by atoms with Crippen molar-refractivity contribution < 1.29 is 28.8 Å². The minimum atomic E-state index is -1.14. The molecule has 0 saturated carbocycles. The predicted octanol–water partition coefficient (Wildman–Crippen LogP) is 4.65. The zero-order valence-corrected chi connectivity index (χ0v) is 19.0. The number of carbonyl (C=O) groups is 1. The summed E-state index contributed by atoms with van der Waals surface area (Å²) in [5.74, 6) is 0.773. The number of hydrazone groups is 1. The molecule has 0 radical (unpaired) electrons. The van der Waals surface area contributed by atoms with Crippen molar-refractivity contribution >= 4 is 11.7 Å². The number of para-hydroxylation sites is 1. The molecule has 8 heteroatoms. The zero-order chi connectivity index (χ0) is 23.8. The molecular formula is C26H24N2O6. The van der Waals surface area contributed by atoms with Crippen molar-refractivity contribution in [3.8, 4) is 23.0 Å². The first-order valence-corrected chi connectivity index (χ1v) is 10.8. The number of ether oxygens (including phenoxy) is 4. The van der Waals surface area contributed by atoms with E-state index in [4.69, 9.17) is 24.0 Å². The summed E-state index contributed by atoms with van der Waals surface area (Å²) in [6.45, 7) is 0. The van der Waals surface area contributed by atoms with E-state index in [0.717, 1.165) is 22.6 Å². The molecule has 2 atom stereocenters. The number of benzene rings is 3. The molecule has 174 valence electrons. The number of fused-ring (bicyclic) bond motifs is 3. The Morgan fingerprint density at radius 3 is 2.56 bits per heavy atom. The van der Waals surface area contributed by atoms with E-state index >= 15 is 0 Å². The van der Waals surface area contributed by atoms with E-state index in [-0.39, 0.29) is 17.4 Å². The first kappa shape index (κ1) is 21.6. The number of nitrogens with zero attached hydrogens (tertiary/aromatic N) is 2. The van der Waals surface area contributed by atoms with Gasteiger partial charge in [-0.3, -0.25) is 0 Å². The van der Waals surface area contributed by atoms with Gasteiger partial charge in [-0.15, -0.1) is 0 Å². The van der Waals surface area contributed by atoms with Crippen LogP contribution >= 0.6 is 0 Å². The Kier molecular flexibility index (Phi) is 5.49. The molecule has 0 bridgehead atoms. The molecule has 5 rings (SSSR count). The van der Waals surface area contributed by atoms with Gasteiger partial charge in [0.15, 0.2) is 11.5 Å². The SMILES string of the molecule is COc1cccc(C2=NN3[C@@H](C2)c2ccccc2O[C@H]3c2ccc(OC)c(OC)c2C(=O)O)c1. The molecule has 3 aromatic carbocycles. The van der Waals surface area contributed by atoms with E-state index < -0.39 is 12.2 Å². The summed E-state index contributed by atoms with van der Waals surface area (Å²) in [5, 5.41) is 16.8. The van der Waals surface area contributed by atoms with Gasteiger partial charge in [0.05, 0.1) is 33.1 Å². The van der Waals surface area contributed by atoms with Crippen LogP contribution in [-0.4, -0.2) is 43.1 Å². The van der Waals surface area contributed by atoms with Crippen molar-refractivity contribution in [1.82, 2.24) is 5.01 Å². The highest BCUT2D eigenvalue weighted by Crippen LogP contribution is 2.49. The number of carboxylic acids is 1. The van der Waals surface area contributed by atoms with Crippen LogP contribution in [0.4, 0.5) is 0 Å². The van der Waals surface area contributed by atoms with Gasteiger partial charge in [-0.05, 0) is 30.3 Å². The van der Waals surface area contributed by atoms with Crippen LogP contribution in [0.5, 0.6) is 23.0 Å². The second-order valence-electron chi connectivity index (χ2n) is 7.96. The number of carboxylic acid groups (broad SMARTS) is 1.